The highest BCUT2D eigenvalue weighted by molar-refractivity contribution is 5.63. The van der Waals surface area contributed by atoms with E-state index in [1.54, 1.807) is 7.11 Å². The lowest BCUT2D eigenvalue weighted by Crippen LogP contribution is -1.99. The van der Waals surface area contributed by atoms with E-state index in [4.69, 9.17) is 10.5 Å². The average molecular weight is 177 g/mol. The van der Waals surface area contributed by atoms with Crippen LogP contribution in [0, 0.1) is 6.92 Å². The maximum atomic E-state index is 6.03. The molecule has 0 bridgehead atoms. The van der Waals surface area contributed by atoms with Crippen LogP contribution in [0.5, 0.6) is 5.75 Å². The Balaban J connectivity index is 2.61. The number of anilines is 1. The Labute approximate surface area is 78.7 Å². The first-order chi connectivity index (χ1) is 6.24. The second-order valence-corrected chi connectivity index (χ2v) is 3.61. The standard InChI is InChI=1S/C11H15NO/c1-7-10(13-2)6-8-4-3-5-9(8)11(7)12/h6H,3-5,12H2,1-2H3. The summed E-state index contributed by atoms with van der Waals surface area (Å²) in [4.78, 5) is 0. The predicted molar refractivity (Wildman–Crippen MR) is 54.2 cm³/mol. The van der Waals surface area contributed by atoms with Crippen LogP contribution in [-0.4, -0.2) is 7.11 Å². The molecule has 0 aromatic heterocycles. The number of benzene rings is 1. The molecule has 0 radical (unpaired) electrons. The van der Waals surface area contributed by atoms with Crippen molar-refractivity contribution in [3.8, 4) is 5.75 Å². The molecule has 0 amide bonds. The van der Waals surface area contributed by atoms with Crippen molar-refractivity contribution in [3.63, 3.8) is 0 Å². The third-order valence-electron chi connectivity index (χ3n) is 2.88. The highest BCUT2D eigenvalue weighted by Gasteiger charge is 2.17. The number of nitrogen functional groups attached to an aromatic ring is 1. The van der Waals surface area contributed by atoms with Gasteiger partial charge in [0.25, 0.3) is 0 Å². The van der Waals surface area contributed by atoms with Crippen LogP contribution < -0.4 is 10.5 Å². The molecule has 70 valence electrons. The molecule has 0 unspecified atom stereocenters. The van der Waals surface area contributed by atoms with E-state index < -0.39 is 0 Å². The van der Waals surface area contributed by atoms with Crippen molar-refractivity contribution in [2.45, 2.75) is 26.2 Å². The number of aryl methyl sites for hydroxylation is 1. The Morgan fingerprint density at radius 2 is 2.15 bits per heavy atom. The van der Waals surface area contributed by atoms with Gasteiger partial charge in [-0.3, -0.25) is 0 Å². The summed E-state index contributed by atoms with van der Waals surface area (Å²) in [5.74, 6) is 0.929. The monoisotopic (exact) mass is 177 g/mol. The molecule has 1 aliphatic rings. The first-order valence-electron chi connectivity index (χ1n) is 4.69. The Kier molecular flexibility index (Phi) is 1.91. The van der Waals surface area contributed by atoms with Gasteiger partial charge in [0.05, 0.1) is 7.11 Å². The van der Waals surface area contributed by atoms with E-state index in [0.29, 0.717) is 0 Å². The van der Waals surface area contributed by atoms with Gasteiger partial charge < -0.3 is 10.5 Å². The van der Waals surface area contributed by atoms with Crippen molar-refractivity contribution in [2.24, 2.45) is 0 Å². The fourth-order valence-corrected chi connectivity index (χ4v) is 2.07. The van der Waals surface area contributed by atoms with Gasteiger partial charge >= 0.3 is 0 Å². The van der Waals surface area contributed by atoms with Gasteiger partial charge in [0.1, 0.15) is 5.75 Å². The molecule has 0 saturated carbocycles. The van der Waals surface area contributed by atoms with Gasteiger partial charge in [0.15, 0.2) is 0 Å². The van der Waals surface area contributed by atoms with Crippen molar-refractivity contribution in [2.75, 3.05) is 12.8 Å². The lowest BCUT2D eigenvalue weighted by atomic mass is 10.0. The Morgan fingerprint density at radius 3 is 2.85 bits per heavy atom. The first-order valence-corrected chi connectivity index (χ1v) is 4.69. The van der Waals surface area contributed by atoms with Crippen LogP contribution in [0.3, 0.4) is 0 Å². The van der Waals surface area contributed by atoms with Gasteiger partial charge in [0.2, 0.25) is 0 Å². The van der Waals surface area contributed by atoms with Gasteiger partial charge in [-0.1, -0.05) is 0 Å². The maximum Gasteiger partial charge on any atom is 0.124 e. The Hall–Kier alpha value is -1.18. The summed E-state index contributed by atoms with van der Waals surface area (Å²) in [6, 6.07) is 2.13. The number of nitrogens with two attached hydrogens (primary N) is 1. The molecule has 1 aromatic carbocycles. The van der Waals surface area contributed by atoms with Crippen LogP contribution in [0.1, 0.15) is 23.1 Å². The molecule has 2 nitrogen and oxygen atoms in total. The number of rotatable bonds is 1. The van der Waals surface area contributed by atoms with E-state index in [0.717, 1.165) is 29.8 Å². The normalized spacial score (nSPS) is 14.3. The Morgan fingerprint density at radius 1 is 1.38 bits per heavy atom. The number of hydrogen-bond acceptors (Lipinski definition) is 2. The smallest absolute Gasteiger partial charge is 0.124 e. The van der Waals surface area contributed by atoms with Gasteiger partial charge in [-0.2, -0.15) is 0 Å². The van der Waals surface area contributed by atoms with Gasteiger partial charge in [-0.25, -0.2) is 0 Å². The SMILES string of the molecule is COc1cc2c(c(N)c1C)CCC2. The number of hydrogen-bond donors (Lipinski definition) is 1. The van der Waals surface area contributed by atoms with Crippen molar-refractivity contribution >= 4 is 5.69 Å². The molecular formula is C11H15NO. The number of methoxy groups -OCH3 is 1. The predicted octanol–water partition coefficient (Wildman–Crippen LogP) is 2.07. The lowest BCUT2D eigenvalue weighted by Gasteiger charge is -2.12. The van der Waals surface area contributed by atoms with Gasteiger partial charge in [-0.15, -0.1) is 0 Å². The minimum atomic E-state index is 0.929. The van der Waals surface area contributed by atoms with E-state index in [2.05, 4.69) is 6.07 Å². The second-order valence-electron chi connectivity index (χ2n) is 3.61. The number of fused-ring (bicyclic) bond motifs is 1. The summed E-state index contributed by atoms with van der Waals surface area (Å²) >= 11 is 0. The molecule has 0 atom stereocenters. The molecule has 1 aromatic rings. The van der Waals surface area contributed by atoms with Crippen LogP contribution in [0.15, 0.2) is 6.07 Å². The summed E-state index contributed by atoms with van der Waals surface area (Å²) in [6.07, 6.45) is 3.51. The molecule has 0 fully saturated rings. The van der Waals surface area contributed by atoms with E-state index >= 15 is 0 Å². The molecular weight excluding hydrogens is 162 g/mol. The van der Waals surface area contributed by atoms with Crippen molar-refractivity contribution in [1.82, 2.24) is 0 Å². The quantitative estimate of drug-likeness (QED) is 0.666. The van der Waals surface area contributed by atoms with Crippen molar-refractivity contribution < 1.29 is 4.74 Å². The summed E-state index contributed by atoms with van der Waals surface area (Å²) in [5, 5.41) is 0. The van der Waals surface area contributed by atoms with E-state index in [1.807, 2.05) is 6.92 Å². The summed E-state index contributed by atoms with van der Waals surface area (Å²) in [6.45, 7) is 2.02. The minimum Gasteiger partial charge on any atom is -0.496 e. The van der Waals surface area contributed by atoms with Gasteiger partial charge in [-0.05, 0) is 43.4 Å². The molecule has 0 aliphatic heterocycles. The third-order valence-corrected chi connectivity index (χ3v) is 2.88. The van der Waals surface area contributed by atoms with Crippen LogP contribution in [-0.2, 0) is 12.8 Å². The summed E-state index contributed by atoms with van der Waals surface area (Å²) < 4.78 is 5.27. The topological polar surface area (TPSA) is 35.2 Å². The molecule has 2 rings (SSSR count). The molecule has 1 aliphatic carbocycles. The van der Waals surface area contributed by atoms with E-state index in [9.17, 15) is 0 Å². The zero-order valence-electron chi connectivity index (χ0n) is 8.18. The van der Waals surface area contributed by atoms with Crippen molar-refractivity contribution in [1.29, 1.82) is 0 Å². The van der Waals surface area contributed by atoms with Crippen LogP contribution in [0.2, 0.25) is 0 Å². The minimum absolute atomic E-state index is 0.929. The highest BCUT2D eigenvalue weighted by Crippen LogP contribution is 2.35. The fraction of sp³-hybridized carbons (Fsp3) is 0.455. The van der Waals surface area contributed by atoms with Crippen LogP contribution >= 0.6 is 0 Å². The summed E-state index contributed by atoms with van der Waals surface area (Å²) in [7, 11) is 1.70. The largest absolute Gasteiger partial charge is 0.496 e. The molecule has 2 N–H and O–H groups in total. The third kappa shape index (κ3) is 1.17. The number of ether oxygens (including phenoxy) is 1. The molecule has 0 saturated heterocycles. The summed E-state index contributed by atoms with van der Waals surface area (Å²) in [5.41, 5.74) is 10.8. The fourth-order valence-electron chi connectivity index (χ4n) is 2.07. The first kappa shape index (κ1) is 8.42. The zero-order chi connectivity index (χ0) is 9.42. The molecule has 0 spiro atoms. The zero-order valence-corrected chi connectivity index (χ0v) is 8.18. The van der Waals surface area contributed by atoms with E-state index in [1.165, 1.54) is 17.5 Å². The Bertz CT molecular complexity index is 344. The molecule has 13 heavy (non-hydrogen) atoms. The average Bonchev–Trinajstić information content (AvgIpc) is 2.59. The van der Waals surface area contributed by atoms with Crippen molar-refractivity contribution in [3.05, 3.63) is 22.8 Å². The van der Waals surface area contributed by atoms with Crippen LogP contribution in [0.4, 0.5) is 5.69 Å². The van der Waals surface area contributed by atoms with Gasteiger partial charge in [0, 0.05) is 11.3 Å². The molecule has 2 heteroatoms. The maximum absolute atomic E-state index is 6.03. The van der Waals surface area contributed by atoms with E-state index in [-0.39, 0.29) is 0 Å². The lowest BCUT2D eigenvalue weighted by molar-refractivity contribution is 0.411. The second kappa shape index (κ2) is 2.95. The highest BCUT2D eigenvalue weighted by atomic mass is 16.5. The molecule has 0 heterocycles. The van der Waals surface area contributed by atoms with Crippen LogP contribution in [0.25, 0.3) is 0 Å².